The van der Waals surface area contributed by atoms with Crippen molar-refractivity contribution in [3.63, 3.8) is 0 Å². The van der Waals surface area contributed by atoms with Crippen LogP contribution in [0, 0.1) is 24.1 Å². The Morgan fingerprint density at radius 1 is 1.44 bits per heavy atom. The maximum absolute atomic E-state index is 13.9. The van der Waals surface area contributed by atoms with E-state index >= 15 is 0 Å². The summed E-state index contributed by atoms with van der Waals surface area (Å²) >= 11 is 0. The van der Waals surface area contributed by atoms with E-state index in [9.17, 15) is 4.39 Å². The predicted molar refractivity (Wildman–Crippen MR) is 68.6 cm³/mol. The third-order valence-corrected chi connectivity index (χ3v) is 3.39. The van der Waals surface area contributed by atoms with Crippen LogP contribution in [0.25, 0.3) is 0 Å². The van der Waals surface area contributed by atoms with Gasteiger partial charge in [0.05, 0.1) is 18.5 Å². The van der Waals surface area contributed by atoms with Gasteiger partial charge in [-0.2, -0.15) is 5.26 Å². The fourth-order valence-corrected chi connectivity index (χ4v) is 2.43. The van der Waals surface area contributed by atoms with Gasteiger partial charge in [0.2, 0.25) is 0 Å². The Bertz CT molecular complexity index is 447. The van der Waals surface area contributed by atoms with E-state index in [0.717, 1.165) is 31.7 Å². The van der Waals surface area contributed by atoms with Crippen molar-refractivity contribution < 1.29 is 4.39 Å². The lowest BCUT2D eigenvalue weighted by molar-refractivity contribution is 0.172. The van der Waals surface area contributed by atoms with Gasteiger partial charge in [0, 0.05) is 31.7 Å². The minimum Gasteiger partial charge on any atom is -0.314 e. The maximum atomic E-state index is 13.9. The number of nitriles is 1. The molecule has 0 aliphatic carbocycles. The van der Waals surface area contributed by atoms with Crippen molar-refractivity contribution in [2.45, 2.75) is 19.4 Å². The lowest BCUT2D eigenvalue weighted by Gasteiger charge is -2.34. The lowest BCUT2D eigenvalue weighted by atomic mass is 9.99. The fraction of sp³-hybridized carbons (Fsp3) is 0.500. The van der Waals surface area contributed by atoms with E-state index in [4.69, 9.17) is 5.26 Å². The molecule has 0 saturated carbocycles. The Morgan fingerprint density at radius 2 is 2.17 bits per heavy atom. The molecule has 18 heavy (non-hydrogen) atoms. The average molecular weight is 247 g/mol. The van der Waals surface area contributed by atoms with Crippen molar-refractivity contribution in [2.24, 2.45) is 0 Å². The van der Waals surface area contributed by atoms with Crippen molar-refractivity contribution in [3.05, 3.63) is 35.1 Å². The smallest absolute Gasteiger partial charge is 0.128 e. The summed E-state index contributed by atoms with van der Waals surface area (Å²) in [6.07, 6.45) is 0.334. The first-order valence-electron chi connectivity index (χ1n) is 6.30. The van der Waals surface area contributed by atoms with Crippen molar-refractivity contribution in [2.75, 3.05) is 26.2 Å². The topological polar surface area (TPSA) is 39.1 Å². The zero-order chi connectivity index (χ0) is 13.0. The third-order valence-electron chi connectivity index (χ3n) is 3.39. The highest BCUT2D eigenvalue weighted by atomic mass is 19.1. The molecule has 1 aromatic carbocycles. The van der Waals surface area contributed by atoms with Gasteiger partial charge < -0.3 is 5.32 Å². The molecular weight excluding hydrogens is 229 g/mol. The number of aryl methyl sites for hydroxylation is 1. The molecule has 1 aromatic rings. The second kappa shape index (κ2) is 5.94. The van der Waals surface area contributed by atoms with Crippen molar-refractivity contribution >= 4 is 0 Å². The zero-order valence-electron chi connectivity index (χ0n) is 10.6. The molecule has 0 amide bonds. The molecule has 1 saturated heterocycles. The molecular formula is C14H18FN3. The Kier molecular flexibility index (Phi) is 4.29. The molecule has 0 spiro atoms. The molecule has 1 fully saturated rings. The van der Waals surface area contributed by atoms with Gasteiger partial charge in [-0.25, -0.2) is 4.39 Å². The minimum atomic E-state index is -0.209. The van der Waals surface area contributed by atoms with Crippen LogP contribution in [0.4, 0.5) is 4.39 Å². The summed E-state index contributed by atoms with van der Waals surface area (Å²) in [4.78, 5) is 2.19. The van der Waals surface area contributed by atoms with E-state index in [1.165, 1.54) is 6.07 Å². The maximum Gasteiger partial charge on any atom is 0.128 e. The van der Waals surface area contributed by atoms with E-state index < -0.39 is 0 Å². The monoisotopic (exact) mass is 247 g/mol. The molecule has 1 atom stereocenters. The van der Waals surface area contributed by atoms with E-state index in [-0.39, 0.29) is 11.9 Å². The van der Waals surface area contributed by atoms with E-state index in [2.05, 4.69) is 16.3 Å². The van der Waals surface area contributed by atoms with Gasteiger partial charge in [-0.3, -0.25) is 4.90 Å². The first kappa shape index (κ1) is 13.0. The summed E-state index contributed by atoms with van der Waals surface area (Å²) in [5.41, 5.74) is 1.68. The third kappa shape index (κ3) is 2.87. The molecule has 2 rings (SSSR count). The second-order valence-electron chi connectivity index (χ2n) is 4.69. The van der Waals surface area contributed by atoms with Crippen LogP contribution in [0.15, 0.2) is 18.2 Å². The number of hydrogen-bond donors (Lipinski definition) is 1. The minimum absolute atomic E-state index is 0.128. The van der Waals surface area contributed by atoms with Crippen LogP contribution in [-0.4, -0.2) is 31.1 Å². The zero-order valence-corrected chi connectivity index (χ0v) is 10.6. The largest absolute Gasteiger partial charge is 0.314 e. The lowest BCUT2D eigenvalue weighted by Crippen LogP contribution is -2.45. The molecule has 0 radical (unpaired) electrons. The van der Waals surface area contributed by atoms with E-state index in [1.807, 2.05) is 13.0 Å². The summed E-state index contributed by atoms with van der Waals surface area (Å²) in [5, 5.41) is 12.2. The SMILES string of the molecule is Cc1ccc(F)c([C@H](CC#N)N2CCNCC2)c1. The normalized spacial score (nSPS) is 18.3. The van der Waals surface area contributed by atoms with Gasteiger partial charge in [-0.05, 0) is 13.0 Å². The molecule has 0 bridgehead atoms. The van der Waals surface area contributed by atoms with Gasteiger partial charge in [-0.15, -0.1) is 0 Å². The highest BCUT2D eigenvalue weighted by molar-refractivity contribution is 5.27. The number of rotatable bonds is 3. The summed E-state index contributed by atoms with van der Waals surface area (Å²) < 4.78 is 13.9. The summed E-state index contributed by atoms with van der Waals surface area (Å²) in [6, 6.07) is 7.18. The Balaban J connectivity index is 2.28. The Labute approximate surface area is 107 Å². The molecule has 1 heterocycles. The molecule has 4 heteroatoms. The Hall–Kier alpha value is -1.44. The number of nitrogens with one attached hydrogen (secondary N) is 1. The van der Waals surface area contributed by atoms with Crippen LogP contribution in [0.1, 0.15) is 23.6 Å². The van der Waals surface area contributed by atoms with Crippen LogP contribution < -0.4 is 5.32 Å². The first-order chi connectivity index (χ1) is 8.72. The summed E-state index contributed by atoms with van der Waals surface area (Å²) in [5.74, 6) is -0.209. The van der Waals surface area contributed by atoms with Crippen LogP contribution in [0.2, 0.25) is 0 Å². The second-order valence-corrected chi connectivity index (χ2v) is 4.69. The van der Waals surface area contributed by atoms with E-state index in [0.29, 0.717) is 12.0 Å². The quantitative estimate of drug-likeness (QED) is 0.888. The predicted octanol–water partition coefficient (Wildman–Crippen LogP) is 1.99. The summed E-state index contributed by atoms with van der Waals surface area (Å²) in [6.45, 7) is 5.47. The van der Waals surface area contributed by atoms with E-state index in [1.54, 1.807) is 6.07 Å². The molecule has 3 nitrogen and oxygen atoms in total. The number of piperazine rings is 1. The number of hydrogen-bond acceptors (Lipinski definition) is 3. The van der Waals surface area contributed by atoms with Crippen molar-refractivity contribution in [1.82, 2.24) is 10.2 Å². The number of benzene rings is 1. The number of halogens is 1. The van der Waals surface area contributed by atoms with Gasteiger partial charge >= 0.3 is 0 Å². The molecule has 1 aliphatic heterocycles. The number of nitrogens with zero attached hydrogens (tertiary/aromatic N) is 2. The molecule has 0 aromatic heterocycles. The molecule has 96 valence electrons. The first-order valence-corrected chi connectivity index (χ1v) is 6.30. The Morgan fingerprint density at radius 3 is 2.83 bits per heavy atom. The van der Waals surface area contributed by atoms with Crippen LogP contribution in [-0.2, 0) is 0 Å². The highest BCUT2D eigenvalue weighted by Crippen LogP contribution is 2.27. The fourth-order valence-electron chi connectivity index (χ4n) is 2.43. The van der Waals surface area contributed by atoms with Crippen LogP contribution in [0.5, 0.6) is 0 Å². The molecule has 0 unspecified atom stereocenters. The van der Waals surface area contributed by atoms with Gasteiger partial charge in [-0.1, -0.05) is 17.7 Å². The van der Waals surface area contributed by atoms with Crippen LogP contribution >= 0.6 is 0 Å². The van der Waals surface area contributed by atoms with Crippen molar-refractivity contribution in [1.29, 1.82) is 5.26 Å². The highest BCUT2D eigenvalue weighted by Gasteiger charge is 2.24. The standard InChI is InChI=1S/C14H18FN3/c1-11-2-3-13(15)12(10-11)14(4-5-16)18-8-6-17-7-9-18/h2-3,10,14,17H,4,6-9H2,1H3/t14-/m0/s1. The van der Waals surface area contributed by atoms with Crippen LogP contribution in [0.3, 0.4) is 0 Å². The summed E-state index contributed by atoms with van der Waals surface area (Å²) in [7, 11) is 0. The van der Waals surface area contributed by atoms with Gasteiger partial charge in [0.25, 0.3) is 0 Å². The van der Waals surface area contributed by atoms with Crippen molar-refractivity contribution in [3.8, 4) is 6.07 Å². The van der Waals surface area contributed by atoms with Gasteiger partial charge in [0.15, 0.2) is 0 Å². The molecule has 1 N–H and O–H groups in total. The van der Waals surface area contributed by atoms with Gasteiger partial charge in [0.1, 0.15) is 5.82 Å². The average Bonchev–Trinajstić information content (AvgIpc) is 2.40. The molecule has 1 aliphatic rings.